The predicted octanol–water partition coefficient (Wildman–Crippen LogP) is 2.77. The van der Waals surface area contributed by atoms with Crippen LogP contribution in [0.25, 0.3) is 0 Å². The number of hydrogen-bond donors (Lipinski definition) is 1. The molecule has 0 radical (unpaired) electrons. The second kappa shape index (κ2) is 6.98. The van der Waals surface area contributed by atoms with Gasteiger partial charge in [0, 0.05) is 11.8 Å². The minimum Gasteiger partial charge on any atom is -0.480 e. The van der Waals surface area contributed by atoms with Crippen molar-refractivity contribution in [2.75, 3.05) is 0 Å². The lowest BCUT2D eigenvalue weighted by molar-refractivity contribution is -0.149. The number of carboxylic acids is 1. The zero-order valence-electron chi connectivity index (χ0n) is 12.4. The van der Waals surface area contributed by atoms with E-state index in [1.54, 1.807) is 23.6 Å². The molecule has 1 amide bonds. The lowest BCUT2D eigenvalue weighted by atomic mass is 10.2. The van der Waals surface area contributed by atoms with Crippen LogP contribution in [0.5, 0.6) is 0 Å². The molecule has 2 unspecified atom stereocenters. The fourth-order valence-electron chi connectivity index (χ4n) is 2.24. The average Bonchev–Trinajstić information content (AvgIpc) is 3.30. The normalized spacial score (nSPS) is 17.0. The topological polar surface area (TPSA) is 57.6 Å². The summed E-state index contributed by atoms with van der Waals surface area (Å²) in [5.74, 6) is -0.239. The third-order valence-electron chi connectivity index (χ3n) is 3.66. The Bertz CT molecular complexity index is 502. The Labute approximate surface area is 129 Å². The van der Waals surface area contributed by atoms with E-state index in [-0.39, 0.29) is 17.2 Å². The third kappa shape index (κ3) is 4.24. The summed E-state index contributed by atoms with van der Waals surface area (Å²) in [7, 11) is 0. The van der Waals surface area contributed by atoms with Gasteiger partial charge in [-0.3, -0.25) is 4.79 Å². The van der Waals surface area contributed by atoms with Crippen LogP contribution in [0.3, 0.4) is 0 Å². The van der Waals surface area contributed by atoms with E-state index in [2.05, 4.69) is 0 Å². The Morgan fingerprint density at radius 3 is 2.43 bits per heavy atom. The Morgan fingerprint density at radius 2 is 1.90 bits per heavy atom. The zero-order chi connectivity index (χ0) is 15.4. The van der Waals surface area contributed by atoms with Gasteiger partial charge in [0.1, 0.15) is 6.04 Å². The highest BCUT2D eigenvalue weighted by Crippen LogP contribution is 2.31. The van der Waals surface area contributed by atoms with Crippen LogP contribution >= 0.6 is 11.8 Å². The van der Waals surface area contributed by atoms with Crippen molar-refractivity contribution in [1.82, 2.24) is 4.90 Å². The van der Waals surface area contributed by atoms with Crippen LogP contribution in [-0.4, -0.2) is 39.2 Å². The molecule has 1 N–H and O–H groups in total. The highest BCUT2D eigenvalue weighted by Gasteiger charge is 2.39. The molecule has 114 valence electrons. The van der Waals surface area contributed by atoms with Gasteiger partial charge in [0.2, 0.25) is 5.91 Å². The van der Waals surface area contributed by atoms with E-state index in [0.29, 0.717) is 0 Å². The first-order valence-electron chi connectivity index (χ1n) is 7.21. The van der Waals surface area contributed by atoms with Crippen LogP contribution in [0.2, 0.25) is 0 Å². The molecule has 2 atom stereocenters. The lowest BCUT2D eigenvalue weighted by Crippen LogP contribution is -2.47. The molecule has 0 spiro atoms. The third-order valence-corrected chi connectivity index (χ3v) is 4.86. The van der Waals surface area contributed by atoms with Crippen LogP contribution in [-0.2, 0) is 15.3 Å². The average molecular weight is 307 g/mol. The number of amides is 1. The molecule has 1 fully saturated rings. The van der Waals surface area contributed by atoms with Crippen molar-refractivity contribution in [3.8, 4) is 0 Å². The summed E-state index contributed by atoms with van der Waals surface area (Å²) in [6, 6.07) is 9.35. The van der Waals surface area contributed by atoms with Crippen LogP contribution in [0.1, 0.15) is 32.3 Å². The van der Waals surface area contributed by atoms with Gasteiger partial charge >= 0.3 is 5.97 Å². The van der Waals surface area contributed by atoms with E-state index in [4.69, 9.17) is 5.11 Å². The van der Waals surface area contributed by atoms with Gasteiger partial charge < -0.3 is 10.0 Å². The first-order chi connectivity index (χ1) is 10.0. The van der Waals surface area contributed by atoms with Crippen molar-refractivity contribution in [3.05, 3.63) is 35.9 Å². The number of carbonyl (C=O) groups is 2. The minimum atomic E-state index is -0.935. The molecule has 1 aromatic carbocycles. The highest BCUT2D eigenvalue weighted by atomic mass is 32.2. The second-order valence-electron chi connectivity index (χ2n) is 5.43. The van der Waals surface area contributed by atoms with Crippen molar-refractivity contribution >= 4 is 23.6 Å². The molecule has 0 bridgehead atoms. The van der Waals surface area contributed by atoms with Gasteiger partial charge in [0.05, 0.1) is 5.25 Å². The highest BCUT2D eigenvalue weighted by molar-refractivity contribution is 7.99. The number of carboxylic acid groups (broad SMARTS) is 1. The maximum Gasteiger partial charge on any atom is 0.326 e. The number of thioether (sulfide) groups is 1. The van der Waals surface area contributed by atoms with Gasteiger partial charge in [0.25, 0.3) is 0 Å². The van der Waals surface area contributed by atoms with Crippen molar-refractivity contribution in [3.63, 3.8) is 0 Å². The van der Waals surface area contributed by atoms with Crippen molar-refractivity contribution < 1.29 is 14.7 Å². The van der Waals surface area contributed by atoms with Crippen molar-refractivity contribution in [2.45, 2.75) is 49.8 Å². The molecular formula is C16H21NO3S. The summed E-state index contributed by atoms with van der Waals surface area (Å²) in [5.41, 5.74) is 1.17. The summed E-state index contributed by atoms with van der Waals surface area (Å²) in [5, 5.41) is 8.94. The van der Waals surface area contributed by atoms with Crippen LogP contribution in [0.15, 0.2) is 30.3 Å². The molecule has 1 aliphatic carbocycles. The van der Waals surface area contributed by atoms with Gasteiger partial charge in [-0.1, -0.05) is 30.3 Å². The number of nitrogens with zero attached hydrogens (tertiary/aromatic N) is 1. The maximum absolute atomic E-state index is 12.5. The molecule has 1 aromatic rings. The SMILES string of the molecule is CC(SCc1ccccc1)C(=O)N(C1CC1)C(C)C(=O)O. The van der Waals surface area contributed by atoms with E-state index in [1.165, 1.54) is 5.56 Å². The number of carbonyl (C=O) groups excluding carboxylic acids is 1. The van der Waals surface area contributed by atoms with Crippen LogP contribution in [0, 0.1) is 0 Å². The van der Waals surface area contributed by atoms with Gasteiger partial charge in [-0.25, -0.2) is 4.79 Å². The van der Waals surface area contributed by atoms with Gasteiger partial charge in [0.15, 0.2) is 0 Å². The van der Waals surface area contributed by atoms with Gasteiger partial charge in [-0.2, -0.15) is 0 Å². The fraction of sp³-hybridized carbons (Fsp3) is 0.500. The number of aliphatic carboxylic acids is 1. The van der Waals surface area contributed by atoms with E-state index < -0.39 is 12.0 Å². The molecule has 21 heavy (non-hydrogen) atoms. The predicted molar refractivity (Wildman–Crippen MR) is 84.2 cm³/mol. The lowest BCUT2D eigenvalue weighted by Gasteiger charge is -2.29. The molecule has 0 aliphatic heterocycles. The van der Waals surface area contributed by atoms with Gasteiger partial charge in [-0.15, -0.1) is 11.8 Å². The molecule has 0 heterocycles. The molecule has 1 aliphatic rings. The Kier molecular flexibility index (Phi) is 5.28. The quantitative estimate of drug-likeness (QED) is 0.841. The van der Waals surface area contributed by atoms with E-state index in [0.717, 1.165) is 18.6 Å². The zero-order valence-corrected chi connectivity index (χ0v) is 13.2. The molecule has 4 nitrogen and oxygen atoms in total. The molecule has 0 saturated heterocycles. The largest absolute Gasteiger partial charge is 0.480 e. The molecule has 2 rings (SSSR count). The van der Waals surface area contributed by atoms with E-state index in [1.807, 2.05) is 37.3 Å². The molecular weight excluding hydrogens is 286 g/mol. The van der Waals surface area contributed by atoms with Crippen LogP contribution < -0.4 is 0 Å². The first kappa shape index (κ1) is 15.9. The summed E-state index contributed by atoms with van der Waals surface area (Å²) in [6.07, 6.45) is 1.83. The summed E-state index contributed by atoms with van der Waals surface area (Å²) < 4.78 is 0. The summed E-state index contributed by atoms with van der Waals surface area (Å²) in [6.45, 7) is 3.45. The number of hydrogen-bond acceptors (Lipinski definition) is 3. The van der Waals surface area contributed by atoms with Gasteiger partial charge in [-0.05, 0) is 32.3 Å². The fourth-order valence-corrected chi connectivity index (χ4v) is 3.13. The molecule has 1 saturated carbocycles. The van der Waals surface area contributed by atoms with Crippen LogP contribution in [0.4, 0.5) is 0 Å². The number of benzene rings is 1. The van der Waals surface area contributed by atoms with Crippen molar-refractivity contribution in [1.29, 1.82) is 0 Å². The Morgan fingerprint density at radius 1 is 1.29 bits per heavy atom. The second-order valence-corrected chi connectivity index (χ2v) is 6.76. The Hall–Kier alpha value is -1.49. The van der Waals surface area contributed by atoms with E-state index in [9.17, 15) is 9.59 Å². The monoisotopic (exact) mass is 307 g/mol. The number of rotatable bonds is 7. The minimum absolute atomic E-state index is 0.0617. The van der Waals surface area contributed by atoms with Crippen molar-refractivity contribution in [2.24, 2.45) is 0 Å². The molecule has 5 heteroatoms. The summed E-state index contributed by atoms with van der Waals surface area (Å²) in [4.78, 5) is 25.3. The smallest absolute Gasteiger partial charge is 0.326 e. The van der Waals surface area contributed by atoms with E-state index >= 15 is 0 Å². The standard InChI is InChI=1S/C16H21NO3S/c1-11(16(19)20)17(14-8-9-14)15(18)12(2)21-10-13-6-4-3-5-7-13/h3-7,11-12,14H,8-10H2,1-2H3,(H,19,20). The maximum atomic E-state index is 12.5. The first-order valence-corrected chi connectivity index (χ1v) is 8.26. The molecule has 0 aromatic heterocycles. The summed E-state index contributed by atoms with van der Waals surface area (Å²) >= 11 is 1.56. The Balaban J connectivity index is 1.95.